The largest absolute Gasteiger partial charge is 0.493 e. The number of anilines is 1. The molecule has 0 saturated carbocycles. The number of rotatable bonds is 8. The molecule has 0 saturated heterocycles. The van der Waals surface area contributed by atoms with Crippen molar-refractivity contribution in [2.45, 2.75) is 32.9 Å². The Labute approximate surface area is 207 Å². The summed E-state index contributed by atoms with van der Waals surface area (Å²) in [6, 6.07) is 30.6. The first-order valence-corrected chi connectivity index (χ1v) is 12.5. The van der Waals surface area contributed by atoms with Gasteiger partial charge >= 0.3 is 0 Å². The number of fused-ring (bicyclic) bond motifs is 2. The predicted molar refractivity (Wildman–Crippen MR) is 143 cm³/mol. The van der Waals surface area contributed by atoms with Crippen molar-refractivity contribution < 1.29 is 9.53 Å². The van der Waals surface area contributed by atoms with Crippen molar-refractivity contribution in [1.29, 1.82) is 0 Å². The second-order valence-corrected chi connectivity index (χ2v) is 9.56. The molecule has 0 bridgehead atoms. The minimum Gasteiger partial charge on any atom is -0.493 e. The first-order chi connectivity index (χ1) is 17.1. The van der Waals surface area contributed by atoms with Gasteiger partial charge in [0, 0.05) is 17.8 Å². The molecule has 4 aromatic rings. The van der Waals surface area contributed by atoms with Crippen molar-refractivity contribution in [2.75, 3.05) is 18.5 Å². The van der Waals surface area contributed by atoms with Crippen LogP contribution >= 0.6 is 0 Å². The smallest absolute Gasteiger partial charge is 0.257 e. The van der Waals surface area contributed by atoms with Crippen LogP contribution in [0.25, 0.3) is 10.8 Å². The van der Waals surface area contributed by atoms with Gasteiger partial charge in [0.2, 0.25) is 0 Å². The Morgan fingerprint density at radius 3 is 2.46 bits per heavy atom. The van der Waals surface area contributed by atoms with E-state index in [9.17, 15) is 4.79 Å². The molecule has 1 N–H and O–H groups in total. The maximum atomic E-state index is 13.8. The minimum absolute atomic E-state index is 0.0429. The molecule has 0 fully saturated rings. The fraction of sp³-hybridized carbons (Fsp3) is 0.258. The summed E-state index contributed by atoms with van der Waals surface area (Å²) in [4.78, 5) is 15.8. The Morgan fingerprint density at radius 2 is 1.63 bits per heavy atom. The van der Waals surface area contributed by atoms with E-state index in [4.69, 9.17) is 4.74 Å². The summed E-state index contributed by atoms with van der Waals surface area (Å²) in [5, 5.41) is 5.92. The zero-order chi connectivity index (χ0) is 24.2. The number of carbonyl (C=O) groups is 1. The molecular formula is C31H32N2O2. The topological polar surface area (TPSA) is 41.6 Å². The average molecular weight is 465 g/mol. The molecule has 1 amide bonds. The molecule has 1 heterocycles. The van der Waals surface area contributed by atoms with Crippen molar-refractivity contribution in [2.24, 2.45) is 5.92 Å². The number of ether oxygens (including phenoxy) is 1. The Hall–Kier alpha value is -3.79. The molecule has 178 valence electrons. The summed E-state index contributed by atoms with van der Waals surface area (Å²) in [5.41, 5.74) is 3.80. The second kappa shape index (κ2) is 10.2. The van der Waals surface area contributed by atoms with Crippen LogP contribution in [0.3, 0.4) is 0 Å². The molecular weight excluding hydrogens is 432 g/mol. The van der Waals surface area contributed by atoms with E-state index in [0.717, 1.165) is 40.6 Å². The summed E-state index contributed by atoms with van der Waals surface area (Å²) in [5.74, 6) is 1.43. The van der Waals surface area contributed by atoms with E-state index < -0.39 is 0 Å². The zero-order valence-corrected chi connectivity index (χ0v) is 20.4. The van der Waals surface area contributed by atoms with Crippen LogP contribution in [0.5, 0.6) is 5.75 Å². The molecule has 4 aromatic carbocycles. The lowest BCUT2D eigenvalue weighted by Gasteiger charge is -2.39. The number of amides is 1. The van der Waals surface area contributed by atoms with Gasteiger partial charge < -0.3 is 15.0 Å². The second-order valence-electron chi connectivity index (χ2n) is 9.56. The number of para-hydroxylation sites is 1. The standard InChI is InChI=1S/C31H32N2O2/c1-22(2)19-21-35-28-17-16-24-12-6-7-13-25(24)29(28)30-32-27-15-9-8-14-26(27)31(34)33(30)20-18-23-10-4-3-5-11-23/h3-17,22,30,32H,18-21H2,1-2H3. The maximum absolute atomic E-state index is 13.8. The highest BCUT2D eigenvalue weighted by atomic mass is 16.5. The molecule has 0 spiro atoms. The van der Waals surface area contributed by atoms with Gasteiger partial charge in [-0.1, -0.05) is 86.6 Å². The third kappa shape index (κ3) is 4.88. The summed E-state index contributed by atoms with van der Waals surface area (Å²) in [6.45, 7) is 5.65. The fourth-order valence-corrected chi connectivity index (χ4v) is 4.73. The molecule has 0 aromatic heterocycles. The number of benzene rings is 4. The highest BCUT2D eigenvalue weighted by Gasteiger charge is 2.35. The molecule has 4 heteroatoms. The zero-order valence-electron chi connectivity index (χ0n) is 20.4. The van der Waals surface area contributed by atoms with Crippen LogP contribution in [0.2, 0.25) is 0 Å². The van der Waals surface area contributed by atoms with E-state index in [1.54, 1.807) is 0 Å². The van der Waals surface area contributed by atoms with Gasteiger partial charge in [-0.25, -0.2) is 0 Å². The maximum Gasteiger partial charge on any atom is 0.257 e. The van der Waals surface area contributed by atoms with Gasteiger partial charge in [0.15, 0.2) is 0 Å². The van der Waals surface area contributed by atoms with E-state index in [-0.39, 0.29) is 12.1 Å². The molecule has 0 aliphatic carbocycles. The van der Waals surface area contributed by atoms with Gasteiger partial charge in [0.05, 0.1) is 12.2 Å². The number of nitrogens with zero attached hydrogens (tertiary/aromatic N) is 1. The van der Waals surface area contributed by atoms with Crippen molar-refractivity contribution >= 4 is 22.4 Å². The average Bonchev–Trinajstić information content (AvgIpc) is 2.88. The highest BCUT2D eigenvalue weighted by Crippen LogP contribution is 2.40. The molecule has 1 aliphatic rings. The van der Waals surface area contributed by atoms with Gasteiger partial charge in [0.25, 0.3) is 5.91 Å². The molecule has 0 radical (unpaired) electrons. The number of carbonyl (C=O) groups excluding carboxylic acids is 1. The van der Waals surface area contributed by atoms with Crippen molar-refractivity contribution in [3.63, 3.8) is 0 Å². The predicted octanol–water partition coefficient (Wildman–Crippen LogP) is 7.07. The Morgan fingerprint density at radius 1 is 0.886 bits per heavy atom. The molecule has 1 atom stereocenters. The van der Waals surface area contributed by atoms with Gasteiger partial charge in [0.1, 0.15) is 11.9 Å². The van der Waals surface area contributed by atoms with Gasteiger partial charge in [-0.15, -0.1) is 0 Å². The van der Waals surface area contributed by atoms with Crippen molar-refractivity contribution in [3.8, 4) is 5.75 Å². The summed E-state index contributed by atoms with van der Waals surface area (Å²) >= 11 is 0. The molecule has 35 heavy (non-hydrogen) atoms. The van der Waals surface area contributed by atoms with Gasteiger partial charge in [-0.05, 0) is 53.3 Å². The SMILES string of the molecule is CC(C)CCOc1ccc2ccccc2c1C1Nc2ccccc2C(=O)N1CCc1ccccc1. The number of hydrogen-bond acceptors (Lipinski definition) is 3. The normalized spacial score (nSPS) is 15.2. The van der Waals surface area contributed by atoms with Crippen LogP contribution in [0.4, 0.5) is 5.69 Å². The Kier molecular flexibility index (Phi) is 6.71. The van der Waals surface area contributed by atoms with E-state index in [0.29, 0.717) is 24.6 Å². The molecule has 4 nitrogen and oxygen atoms in total. The fourth-order valence-electron chi connectivity index (χ4n) is 4.73. The minimum atomic E-state index is -0.332. The van der Waals surface area contributed by atoms with Crippen LogP contribution in [-0.4, -0.2) is 24.0 Å². The quantitative estimate of drug-likeness (QED) is 0.303. The first kappa shape index (κ1) is 23.0. The van der Waals surface area contributed by atoms with E-state index >= 15 is 0 Å². The van der Waals surface area contributed by atoms with Gasteiger partial charge in [-0.2, -0.15) is 0 Å². The highest BCUT2D eigenvalue weighted by molar-refractivity contribution is 6.02. The van der Waals surface area contributed by atoms with Crippen LogP contribution < -0.4 is 10.1 Å². The molecule has 5 rings (SSSR count). The van der Waals surface area contributed by atoms with E-state index in [1.807, 2.05) is 53.4 Å². The van der Waals surface area contributed by atoms with Crippen LogP contribution in [0.1, 0.15) is 47.9 Å². The monoisotopic (exact) mass is 464 g/mol. The lowest BCUT2D eigenvalue weighted by atomic mass is 9.97. The third-order valence-corrected chi connectivity index (χ3v) is 6.66. The lowest BCUT2D eigenvalue weighted by molar-refractivity contribution is 0.0684. The summed E-state index contributed by atoms with van der Waals surface area (Å²) in [7, 11) is 0. The van der Waals surface area contributed by atoms with E-state index in [2.05, 4.69) is 61.6 Å². The third-order valence-electron chi connectivity index (χ3n) is 6.66. The van der Waals surface area contributed by atoms with Crippen LogP contribution in [0, 0.1) is 5.92 Å². The van der Waals surface area contributed by atoms with Crippen molar-refractivity contribution in [1.82, 2.24) is 4.90 Å². The number of nitrogens with one attached hydrogen (secondary N) is 1. The molecule has 1 unspecified atom stereocenters. The van der Waals surface area contributed by atoms with Gasteiger partial charge in [-0.3, -0.25) is 4.79 Å². The summed E-state index contributed by atoms with van der Waals surface area (Å²) in [6.07, 6.45) is 1.42. The molecule has 1 aliphatic heterocycles. The first-order valence-electron chi connectivity index (χ1n) is 12.5. The van der Waals surface area contributed by atoms with E-state index in [1.165, 1.54) is 5.56 Å². The van der Waals surface area contributed by atoms with Crippen LogP contribution in [-0.2, 0) is 6.42 Å². The van der Waals surface area contributed by atoms with Crippen molar-refractivity contribution in [3.05, 3.63) is 108 Å². The number of hydrogen-bond donors (Lipinski definition) is 1. The Balaban J connectivity index is 1.59. The van der Waals surface area contributed by atoms with Crippen LogP contribution in [0.15, 0.2) is 91.0 Å². The lowest BCUT2D eigenvalue weighted by Crippen LogP contribution is -2.44. The Bertz CT molecular complexity index is 1320. The summed E-state index contributed by atoms with van der Waals surface area (Å²) < 4.78 is 6.37.